The summed E-state index contributed by atoms with van der Waals surface area (Å²) in [7, 11) is 1.58. The number of fused-ring (bicyclic) bond motifs is 1. The van der Waals surface area contributed by atoms with Gasteiger partial charge >= 0.3 is 0 Å². The van der Waals surface area contributed by atoms with Crippen molar-refractivity contribution in [2.45, 2.75) is 17.5 Å². The van der Waals surface area contributed by atoms with Gasteiger partial charge in [-0.25, -0.2) is 4.98 Å². The lowest BCUT2D eigenvalue weighted by Gasteiger charge is -2.13. The lowest BCUT2D eigenvalue weighted by atomic mass is 10.1. The van der Waals surface area contributed by atoms with Gasteiger partial charge < -0.3 is 10.5 Å². The zero-order valence-corrected chi connectivity index (χ0v) is 16.2. The molecule has 0 unspecified atom stereocenters. The fraction of sp³-hybridized carbons (Fsp3) is 0.211. The van der Waals surface area contributed by atoms with Gasteiger partial charge in [0.2, 0.25) is 5.91 Å². The van der Waals surface area contributed by atoms with Crippen molar-refractivity contribution in [1.29, 1.82) is 0 Å². The number of aromatic nitrogens is 2. The molecule has 3 rings (SSSR count). The number of carbonyl (C=O) groups is 1. The molecule has 140 valence electrons. The highest BCUT2D eigenvalue weighted by Crippen LogP contribution is 2.24. The molecule has 0 spiro atoms. The Hall–Kier alpha value is -2.35. The van der Waals surface area contributed by atoms with Crippen LogP contribution in [0.3, 0.4) is 0 Å². The van der Waals surface area contributed by atoms with E-state index in [-0.39, 0.29) is 5.56 Å². The molecular formula is C19H18ClN3O3S. The van der Waals surface area contributed by atoms with Gasteiger partial charge in [0.15, 0.2) is 5.16 Å². The van der Waals surface area contributed by atoms with Crippen molar-refractivity contribution in [2.24, 2.45) is 5.73 Å². The molecule has 0 saturated carbocycles. The van der Waals surface area contributed by atoms with Gasteiger partial charge in [0.1, 0.15) is 0 Å². The van der Waals surface area contributed by atoms with Crippen LogP contribution in [0, 0.1) is 0 Å². The summed E-state index contributed by atoms with van der Waals surface area (Å²) in [5.74, 6) is 0.0596. The molecule has 0 atom stereocenters. The summed E-state index contributed by atoms with van der Waals surface area (Å²) in [6.07, 6.45) is 0. The maximum atomic E-state index is 12.9. The number of hydrogen-bond acceptors (Lipinski definition) is 5. The van der Waals surface area contributed by atoms with E-state index in [0.29, 0.717) is 45.5 Å². The van der Waals surface area contributed by atoms with E-state index in [1.165, 1.54) is 11.8 Å². The lowest BCUT2D eigenvalue weighted by Crippen LogP contribution is -2.25. The van der Waals surface area contributed by atoms with Gasteiger partial charge in [0, 0.05) is 23.4 Å². The summed E-state index contributed by atoms with van der Waals surface area (Å²) in [5, 5.41) is 1.60. The second kappa shape index (κ2) is 8.56. The van der Waals surface area contributed by atoms with Crippen LogP contribution in [0.4, 0.5) is 0 Å². The zero-order valence-electron chi connectivity index (χ0n) is 14.6. The number of rotatable bonds is 7. The maximum absolute atomic E-state index is 12.9. The Labute approximate surface area is 165 Å². The Bertz CT molecular complexity index is 1050. The van der Waals surface area contributed by atoms with E-state index in [9.17, 15) is 9.59 Å². The van der Waals surface area contributed by atoms with Gasteiger partial charge in [0.25, 0.3) is 5.56 Å². The quantitative estimate of drug-likeness (QED) is 0.484. The smallest absolute Gasteiger partial charge is 0.262 e. The molecule has 0 fully saturated rings. The topological polar surface area (TPSA) is 87.2 Å². The molecule has 0 radical (unpaired) electrons. The van der Waals surface area contributed by atoms with Crippen LogP contribution in [-0.4, -0.2) is 29.2 Å². The third-order valence-corrected chi connectivity index (χ3v) is 5.26. The van der Waals surface area contributed by atoms with Crippen molar-refractivity contribution in [3.63, 3.8) is 0 Å². The van der Waals surface area contributed by atoms with Gasteiger partial charge in [-0.2, -0.15) is 0 Å². The molecule has 0 aliphatic carbocycles. The standard InChI is InChI=1S/C19H18ClN3O3S/c1-26-8-7-23-18(25)15-6-5-14(20)10-16(15)22-19(23)27-11-12-3-2-4-13(9-12)17(21)24/h2-6,9-10H,7-8,11H2,1H3,(H2,21,24). The van der Waals surface area contributed by atoms with E-state index in [4.69, 9.17) is 22.1 Å². The van der Waals surface area contributed by atoms with E-state index in [1.807, 2.05) is 6.07 Å². The lowest BCUT2D eigenvalue weighted by molar-refractivity contribution is 0.1000. The summed E-state index contributed by atoms with van der Waals surface area (Å²) in [5.41, 5.74) is 7.11. The Morgan fingerprint density at radius 1 is 1.30 bits per heavy atom. The Balaban J connectivity index is 1.97. The van der Waals surface area contributed by atoms with Crippen LogP contribution in [0.5, 0.6) is 0 Å². The molecule has 8 heteroatoms. The van der Waals surface area contributed by atoms with Gasteiger partial charge in [-0.3, -0.25) is 14.2 Å². The minimum atomic E-state index is -0.475. The number of methoxy groups -OCH3 is 1. The molecule has 2 aromatic carbocycles. The monoisotopic (exact) mass is 403 g/mol. The molecule has 0 saturated heterocycles. The number of carbonyl (C=O) groups excluding carboxylic acids is 1. The average molecular weight is 404 g/mol. The Kier molecular flexibility index (Phi) is 6.15. The summed E-state index contributed by atoms with van der Waals surface area (Å²) < 4.78 is 6.72. The third-order valence-electron chi connectivity index (χ3n) is 3.98. The van der Waals surface area contributed by atoms with Gasteiger partial charge in [-0.05, 0) is 35.9 Å². The first-order valence-electron chi connectivity index (χ1n) is 8.20. The van der Waals surface area contributed by atoms with Gasteiger partial charge in [0.05, 0.1) is 24.1 Å². The maximum Gasteiger partial charge on any atom is 0.262 e. The van der Waals surface area contributed by atoms with Gasteiger partial charge in [-0.1, -0.05) is 35.5 Å². The number of halogens is 1. The van der Waals surface area contributed by atoms with Crippen LogP contribution in [-0.2, 0) is 17.0 Å². The number of ether oxygens (including phenoxy) is 1. The zero-order chi connectivity index (χ0) is 19.4. The fourth-order valence-corrected chi connectivity index (χ4v) is 3.76. The van der Waals surface area contributed by atoms with E-state index in [0.717, 1.165) is 5.56 Å². The van der Waals surface area contributed by atoms with Crippen molar-refractivity contribution in [1.82, 2.24) is 9.55 Å². The van der Waals surface area contributed by atoms with Crippen LogP contribution in [0.1, 0.15) is 15.9 Å². The molecule has 1 amide bonds. The SMILES string of the molecule is COCCn1c(SCc2cccc(C(N)=O)c2)nc2cc(Cl)ccc2c1=O. The average Bonchev–Trinajstić information content (AvgIpc) is 2.65. The van der Waals surface area contributed by atoms with Crippen molar-refractivity contribution < 1.29 is 9.53 Å². The highest BCUT2D eigenvalue weighted by atomic mass is 35.5. The van der Waals surface area contributed by atoms with Crippen LogP contribution >= 0.6 is 23.4 Å². The van der Waals surface area contributed by atoms with E-state index < -0.39 is 5.91 Å². The van der Waals surface area contributed by atoms with Gasteiger partial charge in [-0.15, -0.1) is 0 Å². The minimum Gasteiger partial charge on any atom is -0.383 e. The summed E-state index contributed by atoms with van der Waals surface area (Å²) >= 11 is 7.45. The van der Waals surface area contributed by atoms with Crippen molar-refractivity contribution in [3.05, 3.63) is 69.0 Å². The van der Waals surface area contributed by atoms with E-state index in [2.05, 4.69) is 4.98 Å². The number of thioether (sulfide) groups is 1. The normalized spacial score (nSPS) is 11.0. The molecule has 0 aliphatic rings. The predicted molar refractivity (Wildman–Crippen MR) is 107 cm³/mol. The van der Waals surface area contributed by atoms with Crippen molar-refractivity contribution >= 4 is 40.2 Å². The first kappa shape index (κ1) is 19.4. The van der Waals surface area contributed by atoms with E-state index >= 15 is 0 Å². The highest BCUT2D eigenvalue weighted by Gasteiger charge is 2.12. The third kappa shape index (κ3) is 4.50. The van der Waals surface area contributed by atoms with Crippen LogP contribution in [0.2, 0.25) is 5.02 Å². The number of amides is 1. The van der Waals surface area contributed by atoms with Crippen molar-refractivity contribution in [2.75, 3.05) is 13.7 Å². The number of hydrogen-bond donors (Lipinski definition) is 1. The van der Waals surface area contributed by atoms with E-state index in [1.54, 1.807) is 48.1 Å². The molecule has 6 nitrogen and oxygen atoms in total. The Morgan fingerprint density at radius 3 is 2.85 bits per heavy atom. The summed E-state index contributed by atoms with van der Waals surface area (Å²) in [6.45, 7) is 0.788. The minimum absolute atomic E-state index is 0.137. The second-order valence-electron chi connectivity index (χ2n) is 5.86. The first-order valence-corrected chi connectivity index (χ1v) is 9.56. The summed E-state index contributed by atoms with van der Waals surface area (Å²) in [4.78, 5) is 28.8. The summed E-state index contributed by atoms with van der Waals surface area (Å²) in [6, 6.07) is 12.1. The van der Waals surface area contributed by atoms with Crippen LogP contribution in [0.15, 0.2) is 52.4 Å². The second-order valence-corrected chi connectivity index (χ2v) is 7.24. The Morgan fingerprint density at radius 2 is 2.11 bits per heavy atom. The number of benzene rings is 2. The molecule has 2 N–H and O–H groups in total. The molecule has 27 heavy (non-hydrogen) atoms. The number of nitrogens with two attached hydrogens (primary N) is 1. The molecule has 1 aromatic heterocycles. The molecule has 1 heterocycles. The molecular weight excluding hydrogens is 386 g/mol. The number of nitrogens with zero attached hydrogens (tertiary/aromatic N) is 2. The van der Waals surface area contributed by atoms with Crippen LogP contribution < -0.4 is 11.3 Å². The van der Waals surface area contributed by atoms with Crippen LogP contribution in [0.25, 0.3) is 10.9 Å². The first-order chi connectivity index (χ1) is 13.0. The van der Waals surface area contributed by atoms with Crippen molar-refractivity contribution in [3.8, 4) is 0 Å². The fourth-order valence-electron chi connectivity index (χ4n) is 2.63. The predicted octanol–water partition coefficient (Wildman–Crippen LogP) is 3.09. The highest BCUT2D eigenvalue weighted by molar-refractivity contribution is 7.98. The molecule has 0 bridgehead atoms. The molecule has 3 aromatic rings. The number of primary amides is 1. The molecule has 0 aliphatic heterocycles. The largest absolute Gasteiger partial charge is 0.383 e.